The van der Waals surface area contributed by atoms with E-state index in [0.29, 0.717) is 0 Å². The van der Waals surface area contributed by atoms with Crippen LogP contribution >= 0.6 is 15.9 Å². The van der Waals surface area contributed by atoms with Crippen LogP contribution in [0.15, 0.2) is 70.1 Å². The van der Waals surface area contributed by atoms with E-state index in [4.69, 9.17) is 4.74 Å². The maximum Gasteiger partial charge on any atom is 0.242 e. The van der Waals surface area contributed by atoms with E-state index in [1.807, 2.05) is 24.3 Å². The Morgan fingerprint density at radius 2 is 1.82 bits per heavy atom. The second kappa shape index (κ2) is 13.1. The second-order valence-corrected chi connectivity index (χ2v) is 12.0. The molecule has 0 saturated carbocycles. The number of hydrogen-bond acceptors (Lipinski definition) is 4. The molecule has 2 aromatic carbocycles. The molecule has 2 aromatic rings. The fourth-order valence-electron chi connectivity index (χ4n) is 3.01. The molecule has 0 unspecified atom stereocenters. The molecule has 0 atom stereocenters. The highest BCUT2D eigenvalue weighted by molar-refractivity contribution is 9.10. The minimum Gasteiger partial charge on any atom is -0.492 e. The highest BCUT2D eigenvalue weighted by Gasteiger charge is 2.20. The SMILES string of the molecule is CCN(C/C=C/C#CC(C)(C)C)Cc1cccc(OCCN(C)S(=O)(=O)c2ccc(Br)cc2)c1. The number of allylic oxidation sites excluding steroid dienone is 1. The Kier molecular flexibility index (Phi) is 10.8. The smallest absolute Gasteiger partial charge is 0.242 e. The van der Waals surface area contributed by atoms with Crippen LogP contribution in [0.3, 0.4) is 0 Å². The Hall–Kier alpha value is -2.11. The van der Waals surface area contributed by atoms with Gasteiger partial charge in [0.15, 0.2) is 0 Å². The Labute approximate surface area is 214 Å². The van der Waals surface area contributed by atoms with Gasteiger partial charge < -0.3 is 4.74 Å². The molecule has 0 radical (unpaired) electrons. The molecule has 0 aromatic heterocycles. The monoisotopic (exact) mass is 546 g/mol. The average molecular weight is 548 g/mol. The van der Waals surface area contributed by atoms with Gasteiger partial charge in [-0.25, -0.2) is 8.42 Å². The van der Waals surface area contributed by atoms with Crippen LogP contribution in [0.4, 0.5) is 0 Å². The van der Waals surface area contributed by atoms with Gasteiger partial charge >= 0.3 is 0 Å². The average Bonchev–Trinajstić information content (AvgIpc) is 2.77. The van der Waals surface area contributed by atoms with Gasteiger partial charge in [0.25, 0.3) is 0 Å². The summed E-state index contributed by atoms with van der Waals surface area (Å²) in [6, 6.07) is 14.6. The third kappa shape index (κ3) is 9.63. The predicted octanol–water partition coefficient (Wildman–Crippen LogP) is 5.58. The van der Waals surface area contributed by atoms with Crippen molar-refractivity contribution in [2.45, 2.75) is 39.1 Å². The van der Waals surface area contributed by atoms with E-state index in [1.165, 1.54) is 4.31 Å². The van der Waals surface area contributed by atoms with Crippen LogP contribution < -0.4 is 4.74 Å². The van der Waals surface area contributed by atoms with Crippen molar-refractivity contribution in [1.82, 2.24) is 9.21 Å². The van der Waals surface area contributed by atoms with Crippen molar-refractivity contribution in [1.29, 1.82) is 0 Å². The third-order valence-electron chi connectivity index (χ3n) is 4.96. The summed E-state index contributed by atoms with van der Waals surface area (Å²) in [5, 5.41) is 0. The molecule has 2 rings (SSSR count). The summed E-state index contributed by atoms with van der Waals surface area (Å²) in [5.41, 5.74) is 1.15. The molecule has 0 N–H and O–H groups in total. The first-order valence-corrected chi connectivity index (χ1v) is 13.6. The first-order valence-electron chi connectivity index (χ1n) is 11.3. The van der Waals surface area contributed by atoms with Crippen LogP contribution in [-0.2, 0) is 16.6 Å². The van der Waals surface area contributed by atoms with Crippen LogP contribution in [0.5, 0.6) is 5.75 Å². The summed E-state index contributed by atoms with van der Waals surface area (Å²) in [5.74, 6) is 7.04. The number of ether oxygens (including phenoxy) is 1. The summed E-state index contributed by atoms with van der Waals surface area (Å²) in [6.07, 6.45) is 4.01. The Morgan fingerprint density at radius 3 is 2.47 bits per heavy atom. The van der Waals surface area contributed by atoms with Gasteiger partial charge in [0.1, 0.15) is 12.4 Å². The maximum absolute atomic E-state index is 12.7. The molecule has 0 heterocycles. The van der Waals surface area contributed by atoms with Gasteiger partial charge in [-0.3, -0.25) is 4.90 Å². The van der Waals surface area contributed by atoms with Gasteiger partial charge in [-0.1, -0.05) is 52.9 Å². The fourth-order valence-corrected chi connectivity index (χ4v) is 4.43. The quantitative estimate of drug-likeness (QED) is 0.345. The second-order valence-electron chi connectivity index (χ2n) is 9.03. The van der Waals surface area contributed by atoms with E-state index in [0.717, 1.165) is 35.4 Å². The van der Waals surface area contributed by atoms with E-state index in [-0.39, 0.29) is 23.5 Å². The van der Waals surface area contributed by atoms with Crippen molar-refractivity contribution in [3.05, 3.63) is 70.7 Å². The third-order valence-corrected chi connectivity index (χ3v) is 7.36. The molecule has 0 bridgehead atoms. The zero-order valence-electron chi connectivity index (χ0n) is 20.7. The largest absolute Gasteiger partial charge is 0.492 e. The number of hydrogen-bond donors (Lipinski definition) is 0. The van der Waals surface area contributed by atoms with Crippen molar-refractivity contribution >= 4 is 26.0 Å². The number of rotatable bonds is 11. The van der Waals surface area contributed by atoms with Crippen molar-refractivity contribution in [3.63, 3.8) is 0 Å². The van der Waals surface area contributed by atoms with E-state index in [9.17, 15) is 8.42 Å². The van der Waals surface area contributed by atoms with E-state index in [2.05, 4.69) is 72.5 Å². The number of benzene rings is 2. The van der Waals surface area contributed by atoms with Gasteiger partial charge in [0, 0.05) is 36.6 Å². The predicted molar refractivity (Wildman–Crippen MR) is 143 cm³/mol. The van der Waals surface area contributed by atoms with Gasteiger partial charge in [0.2, 0.25) is 10.0 Å². The summed E-state index contributed by atoms with van der Waals surface area (Å²) in [6.45, 7) is 11.5. The molecule has 0 saturated heterocycles. The summed E-state index contributed by atoms with van der Waals surface area (Å²) in [4.78, 5) is 2.57. The lowest BCUT2D eigenvalue weighted by atomic mass is 9.98. The fraction of sp³-hybridized carbons (Fsp3) is 0.407. The zero-order chi connectivity index (χ0) is 25.2. The lowest BCUT2D eigenvalue weighted by Crippen LogP contribution is -2.31. The number of nitrogens with zero attached hydrogens (tertiary/aromatic N) is 2. The highest BCUT2D eigenvalue weighted by Crippen LogP contribution is 2.19. The minimum absolute atomic E-state index is 0.00712. The van der Waals surface area contributed by atoms with Gasteiger partial charge in [-0.05, 0) is 75.4 Å². The van der Waals surface area contributed by atoms with Gasteiger partial charge in [-0.15, -0.1) is 0 Å². The van der Waals surface area contributed by atoms with Crippen LogP contribution in [0.2, 0.25) is 0 Å². The van der Waals surface area contributed by atoms with E-state index >= 15 is 0 Å². The normalized spacial score (nSPS) is 12.2. The molecule has 0 spiro atoms. The molecule has 0 aliphatic carbocycles. The van der Waals surface area contributed by atoms with Crippen LogP contribution in [-0.4, -0.2) is 50.9 Å². The summed E-state index contributed by atoms with van der Waals surface area (Å²) < 4.78 is 33.4. The first kappa shape index (κ1) is 28.1. The Balaban J connectivity index is 1.89. The van der Waals surface area contributed by atoms with Crippen molar-refractivity contribution < 1.29 is 13.2 Å². The molecule has 0 fully saturated rings. The standard InChI is InChI=1S/C27H35BrN2O3S/c1-6-30(18-9-7-8-17-27(2,3)4)22-23-11-10-12-25(21-23)33-20-19-29(5)34(31,32)26-15-13-24(28)14-16-26/h7,9-16,21H,6,18-20,22H2,1-5H3/b9-7+. The molecule has 0 aliphatic heterocycles. The summed E-state index contributed by atoms with van der Waals surface area (Å²) in [7, 11) is -1.98. The molecule has 7 heteroatoms. The highest BCUT2D eigenvalue weighted by atomic mass is 79.9. The van der Waals surface area contributed by atoms with Crippen LogP contribution in [0.25, 0.3) is 0 Å². The lowest BCUT2D eigenvalue weighted by Gasteiger charge is -2.19. The number of sulfonamides is 1. The van der Waals surface area contributed by atoms with Crippen molar-refractivity contribution in [2.75, 3.05) is 33.3 Å². The molecule has 0 amide bonds. The number of halogens is 1. The van der Waals surface area contributed by atoms with Crippen molar-refractivity contribution in [3.8, 4) is 17.6 Å². The molecule has 5 nitrogen and oxygen atoms in total. The zero-order valence-corrected chi connectivity index (χ0v) is 23.1. The lowest BCUT2D eigenvalue weighted by molar-refractivity contribution is 0.284. The Morgan fingerprint density at radius 1 is 1.12 bits per heavy atom. The molecule has 34 heavy (non-hydrogen) atoms. The van der Waals surface area contributed by atoms with Crippen LogP contribution in [0, 0.1) is 17.3 Å². The summed E-state index contributed by atoms with van der Waals surface area (Å²) >= 11 is 3.33. The maximum atomic E-state index is 12.7. The number of likely N-dealkylation sites (N-methyl/N-ethyl adjacent to an activating group) is 2. The van der Waals surface area contributed by atoms with Gasteiger partial charge in [0.05, 0.1) is 4.90 Å². The molecule has 184 valence electrons. The van der Waals surface area contributed by atoms with E-state index < -0.39 is 10.0 Å². The first-order chi connectivity index (χ1) is 16.0. The molecular formula is C27H35BrN2O3S. The van der Waals surface area contributed by atoms with Crippen molar-refractivity contribution in [2.24, 2.45) is 5.41 Å². The molecule has 0 aliphatic rings. The van der Waals surface area contributed by atoms with Gasteiger partial charge in [-0.2, -0.15) is 4.31 Å². The minimum atomic E-state index is -3.55. The topological polar surface area (TPSA) is 49.9 Å². The van der Waals surface area contributed by atoms with Crippen LogP contribution in [0.1, 0.15) is 33.3 Å². The molecular weight excluding hydrogens is 512 g/mol. The van der Waals surface area contributed by atoms with E-state index in [1.54, 1.807) is 31.3 Å². The Bertz CT molecular complexity index is 1110.